The molecule has 0 saturated heterocycles. The minimum absolute atomic E-state index is 0.0525. The molecule has 1 atom stereocenters. The smallest absolute Gasteiger partial charge is 0.416 e. The Morgan fingerprint density at radius 1 is 0.905 bits per heavy atom. The highest BCUT2D eigenvalue weighted by atomic mass is 19.4. The second-order valence-electron chi connectivity index (χ2n) is 11.7. The summed E-state index contributed by atoms with van der Waals surface area (Å²) in [7, 11) is 0. The number of benzene rings is 2. The number of carbonyl (C=O) groups is 2. The molecule has 1 aliphatic carbocycles. The van der Waals surface area contributed by atoms with Gasteiger partial charge in [-0.3, -0.25) is 4.79 Å². The molecule has 42 heavy (non-hydrogen) atoms. The normalized spacial score (nSPS) is 20.5. The standard InChI is InChI=1S/C30H37F6N3O3/c1-19(20-16-22(29(31,32)33)18-23(17-20)30(34,35)36)25(40)39-28(21-8-6-5-7-9-21)12-10-24(11-13-28)37-14-15-38-26(41)42-27(2,3)4/h5-9,16-19,24,37H,10-15H2,1-4H3,(H,38,41)(H,39,40)/t19-,24?,28?/m0/s1. The summed E-state index contributed by atoms with van der Waals surface area (Å²) in [6.45, 7) is 7.44. The van der Waals surface area contributed by atoms with E-state index in [0.717, 1.165) is 5.56 Å². The zero-order valence-electron chi connectivity index (χ0n) is 24.0. The van der Waals surface area contributed by atoms with Gasteiger partial charge < -0.3 is 20.7 Å². The summed E-state index contributed by atoms with van der Waals surface area (Å²) in [5.74, 6) is -1.94. The molecule has 2 amide bonds. The van der Waals surface area contributed by atoms with Crippen molar-refractivity contribution in [2.24, 2.45) is 0 Å². The van der Waals surface area contributed by atoms with Crippen LogP contribution in [0.15, 0.2) is 48.5 Å². The van der Waals surface area contributed by atoms with Crippen LogP contribution < -0.4 is 16.0 Å². The molecule has 1 saturated carbocycles. The Morgan fingerprint density at radius 2 is 1.45 bits per heavy atom. The number of nitrogens with one attached hydrogen (secondary N) is 3. The second kappa shape index (κ2) is 12.9. The topological polar surface area (TPSA) is 79.5 Å². The number of hydrogen-bond donors (Lipinski definition) is 3. The summed E-state index contributed by atoms with van der Waals surface area (Å²) in [6.07, 6.45) is -8.28. The van der Waals surface area contributed by atoms with Crippen LogP contribution in [0.2, 0.25) is 0 Å². The summed E-state index contributed by atoms with van der Waals surface area (Å²) in [6, 6.07) is 10.4. The van der Waals surface area contributed by atoms with Crippen LogP contribution in [0.25, 0.3) is 0 Å². The van der Waals surface area contributed by atoms with Crippen molar-refractivity contribution in [2.75, 3.05) is 13.1 Å². The van der Waals surface area contributed by atoms with Gasteiger partial charge in [-0.05, 0) is 82.7 Å². The highest BCUT2D eigenvalue weighted by Crippen LogP contribution is 2.40. The van der Waals surface area contributed by atoms with Crippen molar-refractivity contribution in [3.05, 3.63) is 70.8 Å². The monoisotopic (exact) mass is 601 g/mol. The van der Waals surface area contributed by atoms with Crippen LogP contribution >= 0.6 is 0 Å². The largest absolute Gasteiger partial charge is 0.444 e. The molecule has 6 nitrogen and oxygen atoms in total. The molecule has 3 N–H and O–H groups in total. The van der Waals surface area contributed by atoms with Crippen LogP contribution in [0.5, 0.6) is 0 Å². The van der Waals surface area contributed by atoms with E-state index in [1.54, 1.807) is 20.8 Å². The molecule has 0 bridgehead atoms. The predicted molar refractivity (Wildman–Crippen MR) is 146 cm³/mol. The van der Waals surface area contributed by atoms with Crippen molar-refractivity contribution in [2.45, 2.75) is 88.8 Å². The van der Waals surface area contributed by atoms with E-state index in [1.165, 1.54) is 6.92 Å². The first-order valence-electron chi connectivity index (χ1n) is 13.8. The summed E-state index contributed by atoms with van der Waals surface area (Å²) in [5.41, 5.74) is -3.95. The number of amides is 2. The Kier molecular flexibility index (Phi) is 10.2. The highest BCUT2D eigenvalue weighted by Gasteiger charge is 2.41. The molecule has 232 valence electrons. The first-order valence-corrected chi connectivity index (χ1v) is 13.8. The third-order valence-electron chi connectivity index (χ3n) is 7.26. The van der Waals surface area contributed by atoms with Gasteiger partial charge in [-0.15, -0.1) is 0 Å². The van der Waals surface area contributed by atoms with E-state index in [2.05, 4.69) is 16.0 Å². The first kappa shape index (κ1) is 33.2. The third-order valence-corrected chi connectivity index (χ3v) is 7.26. The van der Waals surface area contributed by atoms with Crippen molar-refractivity contribution in [3.63, 3.8) is 0 Å². The lowest BCUT2D eigenvalue weighted by atomic mass is 9.74. The van der Waals surface area contributed by atoms with Crippen molar-refractivity contribution in [1.29, 1.82) is 0 Å². The number of alkyl carbamates (subject to hydrolysis) is 1. The van der Waals surface area contributed by atoms with Gasteiger partial charge in [0.15, 0.2) is 0 Å². The van der Waals surface area contributed by atoms with Crippen molar-refractivity contribution < 1.29 is 40.7 Å². The van der Waals surface area contributed by atoms with Gasteiger partial charge in [-0.2, -0.15) is 26.3 Å². The molecule has 2 aromatic carbocycles. The number of alkyl halides is 6. The second-order valence-corrected chi connectivity index (χ2v) is 11.7. The molecular weight excluding hydrogens is 564 g/mol. The maximum absolute atomic E-state index is 13.4. The number of ether oxygens (including phenoxy) is 1. The van der Waals surface area contributed by atoms with E-state index in [4.69, 9.17) is 4.74 Å². The molecule has 0 unspecified atom stereocenters. The van der Waals surface area contributed by atoms with Gasteiger partial charge in [-0.25, -0.2) is 4.79 Å². The van der Waals surface area contributed by atoms with E-state index in [9.17, 15) is 35.9 Å². The predicted octanol–water partition coefficient (Wildman–Crippen LogP) is 6.90. The lowest BCUT2D eigenvalue weighted by molar-refractivity contribution is -0.143. The minimum Gasteiger partial charge on any atom is -0.444 e. The minimum atomic E-state index is -5.01. The average molecular weight is 602 g/mol. The van der Waals surface area contributed by atoms with Crippen molar-refractivity contribution >= 4 is 12.0 Å². The van der Waals surface area contributed by atoms with Gasteiger partial charge in [0.1, 0.15) is 5.60 Å². The molecule has 0 aromatic heterocycles. The number of halogens is 6. The SMILES string of the molecule is C[C@H](C(=O)NC1(c2ccccc2)CCC(NCCNC(=O)OC(C)(C)C)CC1)c1cc(C(F)(F)F)cc(C(F)(F)F)c1. The van der Waals surface area contributed by atoms with E-state index < -0.39 is 52.5 Å². The molecular formula is C30H37F6N3O3. The Morgan fingerprint density at radius 3 is 1.95 bits per heavy atom. The lowest BCUT2D eigenvalue weighted by Gasteiger charge is -2.42. The molecule has 0 heterocycles. The van der Waals surface area contributed by atoms with E-state index in [0.29, 0.717) is 50.9 Å². The van der Waals surface area contributed by atoms with Crippen LogP contribution in [0.4, 0.5) is 31.1 Å². The van der Waals surface area contributed by atoms with Gasteiger partial charge in [0.2, 0.25) is 5.91 Å². The highest BCUT2D eigenvalue weighted by molar-refractivity contribution is 5.84. The lowest BCUT2D eigenvalue weighted by Crippen LogP contribution is -2.52. The average Bonchev–Trinajstić information content (AvgIpc) is 2.90. The number of rotatable bonds is 8. The van der Waals surface area contributed by atoms with Crippen LogP contribution in [0.3, 0.4) is 0 Å². The molecule has 0 radical (unpaired) electrons. The zero-order valence-corrected chi connectivity index (χ0v) is 24.0. The van der Waals surface area contributed by atoms with Crippen molar-refractivity contribution in [1.82, 2.24) is 16.0 Å². The van der Waals surface area contributed by atoms with Gasteiger partial charge >= 0.3 is 18.4 Å². The fourth-order valence-corrected chi connectivity index (χ4v) is 5.04. The quantitative estimate of drug-likeness (QED) is 0.227. The molecule has 1 fully saturated rings. The van der Waals surface area contributed by atoms with Crippen LogP contribution in [0.1, 0.15) is 81.5 Å². The molecule has 0 aliphatic heterocycles. The zero-order chi connectivity index (χ0) is 31.3. The summed E-state index contributed by atoms with van der Waals surface area (Å²) in [4.78, 5) is 25.3. The van der Waals surface area contributed by atoms with Gasteiger partial charge in [0, 0.05) is 19.1 Å². The molecule has 2 aromatic rings. The maximum atomic E-state index is 13.4. The van der Waals surface area contributed by atoms with Crippen LogP contribution in [-0.2, 0) is 27.4 Å². The Hall–Kier alpha value is -3.28. The van der Waals surface area contributed by atoms with Crippen molar-refractivity contribution in [3.8, 4) is 0 Å². The van der Waals surface area contributed by atoms with Gasteiger partial charge in [-0.1, -0.05) is 30.3 Å². The number of hydrogen-bond acceptors (Lipinski definition) is 4. The van der Waals surface area contributed by atoms with Gasteiger partial charge in [0.25, 0.3) is 0 Å². The summed E-state index contributed by atoms with van der Waals surface area (Å²) >= 11 is 0. The Bertz CT molecular complexity index is 1190. The fraction of sp³-hybridized carbons (Fsp3) is 0.533. The maximum Gasteiger partial charge on any atom is 0.416 e. The van der Waals surface area contributed by atoms with E-state index in [1.807, 2.05) is 30.3 Å². The molecule has 3 rings (SSSR count). The summed E-state index contributed by atoms with van der Waals surface area (Å²) < 4.78 is 85.7. The van der Waals surface area contributed by atoms with Crippen LogP contribution in [-0.4, -0.2) is 36.7 Å². The Labute approximate surface area is 241 Å². The summed E-state index contributed by atoms with van der Waals surface area (Å²) in [5, 5.41) is 9.04. The molecule has 0 spiro atoms. The van der Waals surface area contributed by atoms with Crippen LogP contribution in [0, 0.1) is 0 Å². The third kappa shape index (κ3) is 9.11. The number of carbonyl (C=O) groups excluding carboxylic acids is 2. The van der Waals surface area contributed by atoms with Gasteiger partial charge in [0.05, 0.1) is 22.6 Å². The molecule has 12 heteroatoms. The van der Waals surface area contributed by atoms with E-state index >= 15 is 0 Å². The fourth-order valence-electron chi connectivity index (χ4n) is 5.04. The first-order chi connectivity index (χ1) is 19.4. The molecule has 1 aliphatic rings. The Balaban J connectivity index is 1.72. The van der Waals surface area contributed by atoms with E-state index in [-0.39, 0.29) is 17.7 Å².